The van der Waals surface area contributed by atoms with Crippen molar-refractivity contribution in [3.63, 3.8) is 0 Å². The van der Waals surface area contributed by atoms with Crippen molar-refractivity contribution in [3.8, 4) is 0 Å². The molecule has 21 heavy (non-hydrogen) atoms. The van der Waals surface area contributed by atoms with Gasteiger partial charge < -0.3 is 14.9 Å². The number of rotatable bonds is 8. The van der Waals surface area contributed by atoms with Crippen LogP contribution in [0.4, 0.5) is 0 Å². The number of aryl methyl sites for hydroxylation is 1. The third kappa shape index (κ3) is 3.93. The number of hydrogen-bond donors (Lipinski definition) is 3. The fourth-order valence-corrected chi connectivity index (χ4v) is 3.22. The van der Waals surface area contributed by atoms with Crippen LogP contribution in [0.15, 0.2) is 29.7 Å². The van der Waals surface area contributed by atoms with Crippen molar-refractivity contribution in [1.29, 1.82) is 0 Å². The summed E-state index contributed by atoms with van der Waals surface area (Å²) in [5.74, 6) is 0. The van der Waals surface area contributed by atoms with Gasteiger partial charge in [-0.2, -0.15) is 0 Å². The largest absolute Gasteiger partial charge is 0.349 e. The first-order valence-electron chi connectivity index (χ1n) is 6.87. The molecule has 0 aliphatic rings. The summed E-state index contributed by atoms with van der Waals surface area (Å²) >= 11 is 0. The number of nitrogens with one attached hydrogen (secondary N) is 3. The molecule has 0 aliphatic carbocycles. The van der Waals surface area contributed by atoms with Crippen LogP contribution in [0.3, 0.4) is 0 Å². The summed E-state index contributed by atoms with van der Waals surface area (Å²) in [6, 6.07) is 1.71. The number of sulfonamides is 1. The quantitative estimate of drug-likeness (QED) is 0.661. The zero-order valence-corrected chi connectivity index (χ0v) is 13.1. The maximum Gasteiger partial charge on any atom is 0.242 e. The summed E-state index contributed by atoms with van der Waals surface area (Å²) < 4.78 is 29.1. The predicted molar refractivity (Wildman–Crippen MR) is 80.3 cm³/mol. The van der Waals surface area contributed by atoms with Gasteiger partial charge in [0.05, 0.1) is 11.2 Å². The Hall–Kier alpha value is -1.64. The molecule has 2 aromatic rings. The molecule has 2 heterocycles. The highest BCUT2D eigenvalue weighted by molar-refractivity contribution is 7.89. The van der Waals surface area contributed by atoms with Gasteiger partial charge in [0.1, 0.15) is 0 Å². The minimum Gasteiger partial charge on any atom is -0.349 e. The number of H-pyrrole nitrogens is 1. The highest BCUT2D eigenvalue weighted by Crippen LogP contribution is 2.14. The maximum absolute atomic E-state index is 12.3. The number of aromatic amines is 1. The van der Waals surface area contributed by atoms with E-state index in [1.807, 2.05) is 18.5 Å². The lowest BCUT2D eigenvalue weighted by atomic mass is 10.3. The minimum absolute atomic E-state index is 0.305. The van der Waals surface area contributed by atoms with Crippen LogP contribution < -0.4 is 10.0 Å². The van der Waals surface area contributed by atoms with E-state index in [1.165, 1.54) is 0 Å². The second-order valence-corrected chi connectivity index (χ2v) is 6.48. The van der Waals surface area contributed by atoms with Crippen molar-refractivity contribution in [2.75, 3.05) is 13.6 Å². The molecule has 3 N–H and O–H groups in total. The lowest BCUT2D eigenvalue weighted by Gasteiger charge is -2.04. The van der Waals surface area contributed by atoms with Crippen molar-refractivity contribution in [1.82, 2.24) is 24.6 Å². The fourth-order valence-electron chi connectivity index (χ4n) is 2.12. The van der Waals surface area contributed by atoms with Crippen LogP contribution in [0.5, 0.6) is 0 Å². The van der Waals surface area contributed by atoms with Gasteiger partial charge in [0, 0.05) is 49.8 Å². The van der Waals surface area contributed by atoms with Crippen molar-refractivity contribution < 1.29 is 8.42 Å². The fraction of sp³-hybridized carbons (Fsp3) is 0.462. The molecule has 0 amide bonds. The summed E-state index contributed by atoms with van der Waals surface area (Å²) in [5, 5.41) is 3.04. The van der Waals surface area contributed by atoms with Crippen molar-refractivity contribution in [2.45, 2.75) is 31.3 Å². The zero-order chi connectivity index (χ0) is 15.3. The van der Waals surface area contributed by atoms with Gasteiger partial charge in [-0.1, -0.05) is 0 Å². The van der Waals surface area contributed by atoms with Crippen LogP contribution in [0.25, 0.3) is 0 Å². The summed E-state index contributed by atoms with van der Waals surface area (Å²) in [6.07, 6.45) is 5.52. The monoisotopic (exact) mass is 311 g/mol. The Morgan fingerprint density at radius 2 is 2.24 bits per heavy atom. The molecule has 7 nitrogen and oxygen atoms in total. The molecule has 0 spiro atoms. The summed E-state index contributed by atoms with van der Waals surface area (Å²) in [6.45, 7) is 3.70. The van der Waals surface area contributed by atoms with Crippen LogP contribution in [0.2, 0.25) is 0 Å². The average Bonchev–Trinajstić information content (AvgIpc) is 3.08. The third-order valence-electron chi connectivity index (χ3n) is 3.21. The summed E-state index contributed by atoms with van der Waals surface area (Å²) in [7, 11) is -1.64. The molecule has 8 heteroatoms. The third-order valence-corrected chi connectivity index (χ3v) is 4.64. The van der Waals surface area contributed by atoms with Gasteiger partial charge in [-0.15, -0.1) is 0 Å². The Balaban J connectivity index is 2.04. The van der Waals surface area contributed by atoms with Gasteiger partial charge in [-0.05, 0) is 20.0 Å². The van der Waals surface area contributed by atoms with E-state index < -0.39 is 10.0 Å². The molecule has 0 radical (unpaired) electrons. The Bertz CT molecular complexity index is 661. The topological polar surface area (TPSA) is 91.8 Å². The number of hydrogen-bond acceptors (Lipinski definition) is 4. The van der Waals surface area contributed by atoms with E-state index in [1.54, 1.807) is 24.8 Å². The van der Waals surface area contributed by atoms with E-state index >= 15 is 0 Å². The molecular formula is C13H21N5O2S. The van der Waals surface area contributed by atoms with E-state index in [9.17, 15) is 8.42 Å². The Morgan fingerprint density at radius 1 is 1.43 bits per heavy atom. The van der Waals surface area contributed by atoms with E-state index in [4.69, 9.17) is 0 Å². The minimum atomic E-state index is -3.48. The second-order valence-electron chi connectivity index (χ2n) is 4.71. The molecule has 0 aromatic carbocycles. The number of imidazole rings is 1. The van der Waals surface area contributed by atoms with Crippen molar-refractivity contribution >= 4 is 10.0 Å². The first-order valence-corrected chi connectivity index (χ1v) is 8.35. The molecule has 0 saturated carbocycles. The van der Waals surface area contributed by atoms with Gasteiger partial charge >= 0.3 is 0 Å². The first-order chi connectivity index (χ1) is 10.1. The summed E-state index contributed by atoms with van der Waals surface area (Å²) in [5.41, 5.74) is 1.86. The van der Waals surface area contributed by atoms with Gasteiger partial charge in [-0.3, -0.25) is 0 Å². The maximum atomic E-state index is 12.3. The Kier molecular flexibility index (Phi) is 5.16. The Morgan fingerprint density at radius 3 is 2.86 bits per heavy atom. The molecule has 2 aromatic heterocycles. The van der Waals surface area contributed by atoms with Crippen LogP contribution in [0.1, 0.15) is 18.3 Å². The molecular weight excluding hydrogens is 290 g/mol. The van der Waals surface area contributed by atoms with Gasteiger partial charge in [-0.25, -0.2) is 18.1 Å². The van der Waals surface area contributed by atoms with Crippen molar-refractivity contribution in [2.24, 2.45) is 0 Å². The van der Waals surface area contributed by atoms with Crippen molar-refractivity contribution in [3.05, 3.63) is 36.2 Å². The molecule has 2 rings (SSSR count). The number of aromatic nitrogens is 3. The lowest BCUT2D eigenvalue weighted by Crippen LogP contribution is -2.25. The highest BCUT2D eigenvalue weighted by atomic mass is 32.2. The van der Waals surface area contributed by atoms with Crippen LogP contribution in [-0.4, -0.2) is 36.5 Å². The molecule has 0 unspecified atom stereocenters. The SMILES string of the molecule is CCn1cc(S(=O)(=O)NCCc2cnc[nH]2)cc1CNC. The first kappa shape index (κ1) is 15.7. The average molecular weight is 311 g/mol. The normalized spacial score (nSPS) is 11.9. The van der Waals surface area contributed by atoms with E-state index in [2.05, 4.69) is 20.0 Å². The molecule has 0 bridgehead atoms. The number of nitrogens with zero attached hydrogens (tertiary/aromatic N) is 2. The van der Waals surface area contributed by atoms with E-state index in [0.29, 0.717) is 24.4 Å². The predicted octanol–water partition coefficient (Wildman–Crippen LogP) is 0.471. The Labute approximate surface area is 124 Å². The molecule has 0 saturated heterocycles. The standard InChI is InChI=1S/C13H21N5O2S/c1-3-18-9-13(6-12(18)8-14-2)21(19,20)17-5-4-11-7-15-10-16-11/h6-7,9-10,14,17H,3-5,8H2,1-2H3,(H,15,16). The van der Waals surface area contributed by atoms with E-state index in [-0.39, 0.29) is 0 Å². The highest BCUT2D eigenvalue weighted by Gasteiger charge is 2.17. The van der Waals surface area contributed by atoms with Gasteiger partial charge in [0.15, 0.2) is 0 Å². The molecule has 0 fully saturated rings. The zero-order valence-electron chi connectivity index (χ0n) is 12.3. The van der Waals surface area contributed by atoms with Crippen LogP contribution in [0, 0.1) is 0 Å². The lowest BCUT2D eigenvalue weighted by molar-refractivity contribution is 0.581. The second kappa shape index (κ2) is 6.88. The van der Waals surface area contributed by atoms with E-state index in [0.717, 1.165) is 17.9 Å². The molecule has 0 aliphatic heterocycles. The van der Waals surface area contributed by atoms with Gasteiger partial charge in [0.25, 0.3) is 0 Å². The van der Waals surface area contributed by atoms with Crippen LogP contribution >= 0.6 is 0 Å². The van der Waals surface area contributed by atoms with Crippen LogP contribution in [-0.2, 0) is 29.5 Å². The van der Waals surface area contributed by atoms with Gasteiger partial charge in [0.2, 0.25) is 10.0 Å². The summed E-state index contributed by atoms with van der Waals surface area (Å²) in [4.78, 5) is 7.15. The smallest absolute Gasteiger partial charge is 0.242 e. The molecule has 116 valence electrons. The molecule has 0 atom stereocenters.